The number of hydrogen-bond acceptors (Lipinski definition) is 6. The van der Waals surface area contributed by atoms with E-state index in [2.05, 4.69) is 4.72 Å². The molecule has 27 heavy (non-hydrogen) atoms. The summed E-state index contributed by atoms with van der Waals surface area (Å²) in [5.74, 6) is 1.000. The van der Waals surface area contributed by atoms with Crippen LogP contribution in [0.1, 0.15) is 13.8 Å². The molecule has 0 unspecified atom stereocenters. The van der Waals surface area contributed by atoms with Crippen molar-refractivity contribution in [1.29, 1.82) is 0 Å². The molecule has 0 saturated heterocycles. The average Bonchev–Trinajstić information content (AvgIpc) is 3.10. The maximum Gasteiger partial charge on any atom is 0.261 e. The molecule has 3 rings (SSSR count). The van der Waals surface area contributed by atoms with Gasteiger partial charge < -0.3 is 9.47 Å². The van der Waals surface area contributed by atoms with Crippen molar-refractivity contribution in [2.45, 2.75) is 23.6 Å². The molecule has 1 aliphatic heterocycles. The van der Waals surface area contributed by atoms with E-state index in [0.29, 0.717) is 30.3 Å². The summed E-state index contributed by atoms with van der Waals surface area (Å²) in [4.78, 5) is 0.00638. The van der Waals surface area contributed by atoms with Crippen molar-refractivity contribution >= 4 is 25.7 Å². The molecule has 0 saturated carbocycles. The minimum atomic E-state index is -3.88. The highest BCUT2D eigenvalue weighted by atomic mass is 32.2. The molecule has 1 heterocycles. The summed E-state index contributed by atoms with van der Waals surface area (Å²) >= 11 is 0. The Morgan fingerprint density at radius 2 is 1.48 bits per heavy atom. The van der Waals surface area contributed by atoms with Gasteiger partial charge in [-0.2, -0.15) is 4.31 Å². The van der Waals surface area contributed by atoms with Gasteiger partial charge in [-0.25, -0.2) is 16.8 Å². The third-order valence-corrected chi connectivity index (χ3v) is 7.56. The fraction of sp³-hybridized carbons (Fsp3) is 0.294. The van der Waals surface area contributed by atoms with Gasteiger partial charge in [-0.05, 0) is 36.4 Å². The highest BCUT2D eigenvalue weighted by molar-refractivity contribution is 7.92. The number of rotatable bonds is 7. The molecule has 146 valence electrons. The number of nitrogens with one attached hydrogen (secondary N) is 1. The van der Waals surface area contributed by atoms with Crippen LogP contribution in [0.2, 0.25) is 0 Å². The first-order valence-corrected chi connectivity index (χ1v) is 11.2. The van der Waals surface area contributed by atoms with Crippen LogP contribution in [0.25, 0.3) is 0 Å². The van der Waals surface area contributed by atoms with Crippen LogP contribution in [0.5, 0.6) is 11.5 Å². The first-order chi connectivity index (χ1) is 12.8. The lowest BCUT2D eigenvalue weighted by Crippen LogP contribution is -2.30. The van der Waals surface area contributed by atoms with Gasteiger partial charge in [-0.15, -0.1) is 0 Å². The van der Waals surface area contributed by atoms with E-state index in [-0.39, 0.29) is 16.6 Å². The third-order valence-electron chi connectivity index (χ3n) is 4.10. The number of hydrogen-bond donors (Lipinski definition) is 1. The van der Waals surface area contributed by atoms with Crippen LogP contribution < -0.4 is 14.2 Å². The topological polar surface area (TPSA) is 102 Å². The van der Waals surface area contributed by atoms with Crippen LogP contribution in [-0.4, -0.2) is 41.0 Å². The zero-order valence-corrected chi connectivity index (χ0v) is 16.5. The number of nitrogens with zero attached hydrogens (tertiary/aromatic N) is 1. The predicted octanol–water partition coefficient (Wildman–Crippen LogP) is 2.25. The Kier molecular flexibility index (Phi) is 5.31. The molecular weight excluding hydrogens is 392 g/mol. The molecular formula is C17H20N2O6S2. The summed E-state index contributed by atoms with van der Waals surface area (Å²) in [5, 5.41) is 0. The lowest BCUT2D eigenvalue weighted by molar-refractivity contribution is 0.174. The molecule has 1 N–H and O–H groups in total. The second-order valence-corrected chi connectivity index (χ2v) is 9.35. The Morgan fingerprint density at radius 3 is 2.11 bits per heavy atom. The van der Waals surface area contributed by atoms with Gasteiger partial charge in [0, 0.05) is 19.2 Å². The largest absolute Gasteiger partial charge is 0.454 e. The van der Waals surface area contributed by atoms with Crippen LogP contribution in [-0.2, 0) is 20.0 Å². The fourth-order valence-electron chi connectivity index (χ4n) is 2.68. The molecule has 8 nitrogen and oxygen atoms in total. The standard InChI is InChI=1S/C17H20N2O6S2/c1-3-19(4-2)27(22,23)15-8-6-14(7-9-15)26(20,21)18-13-5-10-16-17(11-13)25-12-24-16/h5-11,18H,3-4,12H2,1-2H3. The number of ether oxygens (including phenoxy) is 2. The number of anilines is 1. The molecule has 0 aliphatic carbocycles. The highest BCUT2D eigenvalue weighted by Gasteiger charge is 2.23. The first-order valence-electron chi connectivity index (χ1n) is 8.30. The van der Waals surface area contributed by atoms with Crippen molar-refractivity contribution in [3.63, 3.8) is 0 Å². The zero-order valence-electron chi connectivity index (χ0n) is 14.9. The van der Waals surface area contributed by atoms with Gasteiger partial charge in [0.2, 0.25) is 16.8 Å². The molecule has 0 aromatic heterocycles. The van der Waals surface area contributed by atoms with E-state index in [1.807, 2.05) is 0 Å². The van der Waals surface area contributed by atoms with Crippen molar-refractivity contribution in [2.24, 2.45) is 0 Å². The van der Waals surface area contributed by atoms with Crippen molar-refractivity contribution in [2.75, 3.05) is 24.6 Å². The molecule has 2 aromatic rings. The normalized spacial score (nSPS) is 13.7. The van der Waals surface area contributed by atoms with E-state index in [9.17, 15) is 16.8 Å². The molecule has 0 amide bonds. The summed E-state index contributed by atoms with van der Waals surface area (Å²) in [6.45, 7) is 4.26. The van der Waals surface area contributed by atoms with Crippen molar-refractivity contribution in [1.82, 2.24) is 4.31 Å². The number of fused-ring (bicyclic) bond motifs is 1. The molecule has 0 radical (unpaired) electrons. The van der Waals surface area contributed by atoms with E-state index >= 15 is 0 Å². The maximum atomic E-state index is 12.6. The third kappa shape index (κ3) is 3.87. The number of benzene rings is 2. The minimum Gasteiger partial charge on any atom is -0.454 e. The van der Waals surface area contributed by atoms with Gasteiger partial charge in [0.1, 0.15) is 0 Å². The Bertz CT molecular complexity index is 1030. The Balaban J connectivity index is 1.83. The van der Waals surface area contributed by atoms with E-state index in [1.54, 1.807) is 26.0 Å². The summed E-state index contributed by atoms with van der Waals surface area (Å²) in [6.07, 6.45) is 0. The summed E-state index contributed by atoms with van der Waals surface area (Å²) in [5.41, 5.74) is 0.319. The smallest absolute Gasteiger partial charge is 0.261 e. The molecule has 0 spiro atoms. The van der Waals surface area contributed by atoms with E-state index in [0.717, 1.165) is 0 Å². The zero-order chi connectivity index (χ0) is 19.7. The molecule has 1 aliphatic rings. The monoisotopic (exact) mass is 412 g/mol. The lowest BCUT2D eigenvalue weighted by Gasteiger charge is -2.18. The second kappa shape index (κ2) is 7.37. The summed E-state index contributed by atoms with van der Waals surface area (Å²) < 4.78 is 64.3. The summed E-state index contributed by atoms with van der Waals surface area (Å²) in [7, 11) is -7.52. The average molecular weight is 412 g/mol. The SMILES string of the molecule is CCN(CC)S(=O)(=O)c1ccc(S(=O)(=O)Nc2ccc3c(c2)OCO3)cc1. The molecule has 2 aromatic carbocycles. The minimum absolute atomic E-state index is 0.0429. The molecule has 0 bridgehead atoms. The number of sulfonamides is 2. The van der Waals surface area contributed by atoms with Crippen LogP contribution in [0.4, 0.5) is 5.69 Å². The quantitative estimate of drug-likeness (QED) is 0.748. The van der Waals surface area contributed by atoms with Gasteiger partial charge >= 0.3 is 0 Å². The van der Waals surface area contributed by atoms with Gasteiger partial charge in [0.15, 0.2) is 11.5 Å². The first kappa shape index (κ1) is 19.5. The van der Waals surface area contributed by atoms with E-state index < -0.39 is 20.0 Å². The molecule has 10 heteroatoms. The van der Waals surface area contributed by atoms with Crippen molar-refractivity contribution in [3.8, 4) is 11.5 Å². The Morgan fingerprint density at radius 1 is 0.889 bits per heavy atom. The van der Waals surface area contributed by atoms with Crippen LogP contribution in [0.3, 0.4) is 0 Å². The molecule has 0 fully saturated rings. The van der Waals surface area contributed by atoms with Crippen LogP contribution in [0.15, 0.2) is 52.3 Å². The lowest BCUT2D eigenvalue weighted by atomic mass is 10.3. The van der Waals surface area contributed by atoms with E-state index in [1.165, 1.54) is 34.6 Å². The Hall–Kier alpha value is -2.30. The van der Waals surface area contributed by atoms with Gasteiger partial charge in [-0.3, -0.25) is 4.72 Å². The van der Waals surface area contributed by atoms with Crippen LogP contribution in [0, 0.1) is 0 Å². The van der Waals surface area contributed by atoms with Gasteiger partial charge in [0.05, 0.1) is 15.5 Å². The fourth-order valence-corrected chi connectivity index (χ4v) is 5.18. The molecule has 0 atom stereocenters. The maximum absolute atomic E-state index is 12.6. The highest BCUT2D eigenvalue weighted by Crippen LogP contribution is 2.34. The van der Waals surface area contributed by atoms with Gasteiger partial charge in [0.25, 0.3) is 10.0 Å². The summed E-state index contributed by atoms with van der Waals surface area (Å²) in [6, 6.07) is 9.82. The van der Waals surface area contributed by atoms with Crippen molar-refractivity contribution < 1.29 is 26.3 Å². The van der Waals surface area contributed by atoms with Crippen molar-refractivity contribution in [3.05, 3.63) is 42.5 Å². The van der Waals surface area contributed by atoms with E-state index in [4.69, 9.17) is 9.47 Å². The van der Waals surface area contributed by atoms with Crippen LogP contribution >= 0.6 is 0 Å². The Labute approximate surface area is 158 Å². The predicted molar refractivity (Wildman–Crippen MR) is 99.9 cm³/mol. The second-order valence-electron chi connectivity index (χ2n) is 5.73. The van der Waals surface area contributed by atoms with Gasteiger partial charge in [-0.1, -0.05) is 13.8 Å².